The Kier molecular flexibility index (Phi) is 7.36. The van der Waals surface area contributed by atoms with Crippen LogP contribution < -0.4 is 0 Å². The molecule has 4 heterocycles. The smallest absolute Gasteiger partial charge is 0.143 e. The normalized spacial score (nSPS) is 12.1. The quantitative estimate of drug-likeness (QED) is 0.174. The fraction of sp³-hybridized carbons (Fsp3) is 0. The van der Waals surface area contributed by atoms with Gasteiger partial charge in [-0.05, 0) is 94.5 Å². The molecule has 0 atom stereocenters. The molecule has 0 radical (unpaired) electrons. The zero-order valence-corrected chi connectivity index (χ0v) is 34.4. The second kappa shape index (κ2) is 13.4. The highest BCUT2D eigenvalue weighted by molar-refractivity contribution is 6.16. The number of fused-ring (bicyclic) bond motifs is 12. The minimum Gasteiger partial charge on any atom is -0.456 e. The van der Waals surface area contributed by atoms with E-state index in [0.29, 0.717) is 0 Å². The van der Waals surface area contributed by atoms with Crippen molar-refractivity contribution in [3.8, 4) is 50.2 Å². The molecule has 4 nitrogen and oxygen atoms in total. The van der Waals surface area contributed by atoms with Gasteiger partial charge in [-0.2, -0.15) is 0 Å². The lowest BCUT2D eigenvalue weighted by Crippen LogP contribution is -1.97. The molecule has 0 spiro atoms. The van der Waals surface area contributed by atoms with Gasteiger partial charge in [-0.25, -0.2) is 0 Å². The Morgan fingerprint density at radius 3 is 1.31 bits per heavy atom. The van der Waals surface area contributed by atoms with Crippen molar-refractivity contribution in [3.05, 3.63) is 212 Å². The summed E-state index contributed by atoms with van der Waals surface area (Å²) in [6, 6.07) is 75.7. The summed E-state index contributed by atoms with van der Waals surface area (Å²) in [6.07, 6.45) is 0. The van der Waals surface area contributed by atoms with Gasteiger partial charge in [0, 0.05) is 59.8 Å². The summed E-state index contributed by atoms with van der Waals surface area (Å²) in [5.41, 5.74) is 17.6. The van der Waals surface area contributed by atoms with Crippen molar-refractivity contribution in [3.63, 3.8) is 0 Å². The maximum Gasteiger partial charge on any atom is 0.143 e. The lowest BCUT2D eigenvalue weighted by atomic mass is 9.97. The van der Waals surface area contributed by atoms with Gasteiger partial charge < -0.3 is 17.8 Å². The summed E-state index contributed by atoms with van der Waals surface area (Å²) < 4.78 is 21.8. The molecule has 0 saturated heterocycles. The second-order valence-electron chi connectivity index (χ2n) is 16.8. The van der Waals surface area contributed by atoms with Crippen molar-refractivity contribution in [2.24, 2.45) is 0 Å². The zero-order valence-electron chi connectivity index (χ0n) is 34.4. The van der Waals surface area contributed by atoms with E-state index >= 15 is 0 Å². The Morgan fingerprint density at radius 2 is 0.672 bits per heavy atom. The van der Waals surface area contributed by atoms with Crippen LogP contribution in [0.1, 0.15) is 0 Å². The zero-order chi connectivity index (χ0) is 41.9. The van der Waals surface area contributed by atoms with Gasteiger partial charge in [-0.1, -0.05) is 146 Å². The number of hydrogen-bond acceptors (Lipinski definition) is 3. The predicted molar refractivity (Wildman–Crippen MR) is 264 cm³/mol. The van der Waals surface area contributed by atoms with Gasteiger partial charge in [-0.15, -0.1) is 0 Å². The van der Waals surface area contributed by atoms with Gasteiger partial charge in [0.25, 0.3) is 0 Å². The average Bonchev–Trinajstić information content (AvgIpc) is 4.12. The van der Waals surface area contributed by atoms with E-state index in [1.807, 2.05) is 36.4 Å². The predicted octanol–water partition coefficient (Wildman–Crippen LogP) is 17.1. The highest BCUT2D eigenvalue weighted by atomic mass is 16.3. The Morgan fingerprint density at radius 1 is 0.250 bits per heavy atom. The van der Waals surface area contributed by atoms with Crippen LogP contribution in [0.5, 0.6) is 0 Å². The maximum absolute atomic E-state index is 6.58. The summed E-state index contributed by atoms with van der Waals surface area (Å²) in [4.78, 5) is 0. The van der Waals surface area contributed by atoms with E-state index in [-0.39, 0.29) is 0 Å². The van der Waals surface area contributed by atoms with Crippen LogP contribution in [-0.2, 0) is 0 Å². The Labute approximate surface area is 366 Å². The third-order valence-electron chi connectivity index (χ3n) is 13.2. The molecule has 0 saturated carbocycles. The molecule has 14 aromatic rings. The second-order valence-corrected chi connectivity index (χ2v) is 16.8. The first-order chi connectivity index (χ1) is 31.7. The summed E-state index contributed by atoms with van der Waals surface area (Å²) in [6.45, 7) is 0. The third-order valence-corrected chi connectivity index (χ3v) is 13.2. The summed E-state index contributed by atoms with van der Waals surface area (Å²) in [7, 11) is 0. The SMILES string of the molecule is c1cc(-c2ccc3oc4ccccc4c3c2)cc(-c2ccccc2-n2c3ccc(-c4cccc5c4oc4ccccc45)cc3c3cc(-c4cccc5c4oc4ccccc45)ccc32)c1. The molecule has 0 fully saturated rings. The Hall–Kier alpha value is -8.60. The van der Waals surface area contributed by atoms with Gasteiger partial charge in [-0.3, -0.25) is 0 Å². The summed E-state index contributed by atoms with van der Waals surface area (Å²) in [5.74, 6) is 0. The molecule has 0 unspecified atom stereocenters. The number of nitrogens with zero attached hydrogens (tertiary/aromatic N) is 1. The number of para-hydroxylation sites is 6. The van der Waals surface area contributed by atoms with Crippen molar-refractivity contribution >= 4 is 87.6 Å². The average molecular weight is 818 g/mol. The van der Waals surface area contributed by atoms with E-state index < -0.39 is 0 Å². The first kappa shape index (κ1) is 35.0. The van der Waals surface area contributed by atoms with Crippen molar-refractivity contribution in [1.82, 2.24) is 4.57 Å². The van der Waals surface area contributed by atoms with Crippen molar-refractivity contribution in [1.29, 1.82) is 0 Å². The van der Waals surface area contributed by atoms with Crippen LogP contribution in [-0.4, -0.2) is 4.57 Å². The van der Waals surface area contributed by atoms with Gasteiger partial charge in [0.05, 0.1) is 16.7 Å². The number of rotatable bonds is 5. The van der Waals surface area contributed by atoms with Gasteiger partial charge in [0.2, 0.25) is 0 Å². The van der Waals surface area contributed by atoms with Crippen LogP contribution in [0.2, 0.25) is 0 Å². The van der Waals surface area contributed by atoms with E-state index in [2.05, 4.69) is 180 Å². The van der Waals surface area contributed by atoms with Crippen LogP contribution in [0.25, 0.3) is 138 Å². The van der Waals surface area contributed by atoms with E-state index in [1.54, 1.807) is 0 Å². The Bertz CT molecular complexity index is 4040. The molecule has 0 aliphatic heterocycles. The lowest BCUT2D eigenvalue weighted by molar-refractivity contribution is 0.669. The minimum atomic E-state index is 0.892. The largest absolute Gasteiger partial charge is 0.456 e. The maximum atomic E-state index is 6.58. The molecule has 0 amide bonds. The summed E-state index contributed by atoms with van der Waals surface area (Å²) in [5, 5.41) is 9.04. The molecule has 10 aromatic carbocycles. The van der Waals surface area contributed by atoms with Crippen LogP contribution in [0, 0.1) is 0 Å². The molecule has 14 rings (SSSR count). The molecule has 4 aromatic heterocycles. The van der Waals surface area contributed by atoms with E-state index in [4.69, 9.17) is 13.3 Å². The fourth-order valence-electron chi connectivity index (χ4n) is 10.3. The molecule has 0 bridgehead atoms. The first-order valence-corrected chi connectivity index (χ1v) is 21.7. The number of hydrogen-bond donors (Lipinski definition) is 0. The molecule has 298 valence electrons. The monoisotopic (exact) mass is 817 g/mol. The van der Waals surface area contributed by atoms with Crippen molar-refractivity contribution in [2.45, 2.75) is 0 Å². The topological polar surface area (TPSA) is 44.4 Å². The van der Waals surface area contributed by atoms with E-state index in [9.17, 15) is 0 Å². The Balaban J connectivity index is 0.982. The minimum absolute atomic E-state index is 0.892. The van der Waals surface area contributed by atoms with Crippen molar-refractivity contribution < 1.29 is 13.3 Å². The number of aromatic nitrogens is 1. The van der Waals surface area contributed by atoms with E-state index in [1.165, 1.54) is 0 Å². The lowest BCUT2D eigenvalue weighted by Gasteiger charge is -2.15. The third kappa shape index (κ3) is 5.17. The van der Waals surface area contributed by atoms with E-state index in [0.717, 1.165) is 138 Å². The fourth-order valence-corrected chi connectivity index (χ4v) is 10.3. The van der Waals surface area contributed by atoms with Gasteiger partial charge in [0.15, 0.2) is 0 Å². The molecule has 0 N–H and O–H groups in total. The number of benzene rings is 10. The van der Waals surface area contributed by atoms with Crippen LogP contribution in [0.15, 0.2) is 226 Å². The van der Waals surface area contributed by atoms with Crippen LogP contribution >= 0.6 is 0 Å². The summed E-state index contributed by atoms with van der Waals surface area (Å²) >= 11 is 0. The van der Waals surface area contributed by atoms with Crippen LogP contribution in [0.4, 0.5) is 0 Å². The molecule has 64 heavy (non-hydrogen) atoms. The molecule has 0 aliphatic rings. The molecule has 4 heteroatoms. The number of furan rings is 3. The highest BCUT2D eigenvalue weighted by Gasteiger charge is 2.21. The van der Waals surface area contributed by atoms with Gasteiger partial charge in [0.1, 0.15) is 33.5 Å². The highest BCUT2D eigenvalue weighted by Crippen LogP contribution is 2.44. The molecular formula is C60H35NO3. The van der Waals surface area contributed by atoms with Crippen molar-refractivity contribution in [2.75, 3.05) is 0 Å². The first-order valence-electron chi connectivity index (χ1n) is 21.7. The van der Waals surface area contributed by atoms with Gasteiger partial charge >= 0.3 is 0 Å². The van der Waals surface area contributed by atoms with Crippen LogP contribution in [0.3, 0.4) is 0 Å². The molecule has 0 aliphatic carbocycles. The molecular weight excluding hydrogens is 783 g/mol. The standard InChI is InChI=1S/C60H35NO3/c1-5-22-52(41(14-1)38-13-9-12-36(32-38)37-28-31-58-51(33-37)46-17-4-6-23-55(46)62-58)61-53-29-26-39(42-18-10-20-47-44-15-2-7-24-56(44)63-59(42)47)34-49(53)50-35-40(27-30-54(50)61)43-19-11-21-48-45-16-3-8-25-57(45)64-60(43)48/h1-35H.